The molecule has 18 heavy (non-hydrogen) atoms. The summed E-state index contributed by atoms with van der Waals surface area (Å²) in [6.45, 7) is 7.55. The molecule has 0 saturated heterocycles. The Morgan fingerprint density at radius 3 is 1.72 bits per heavy atom. The standard InChI is InChI=1S/C16H36N2/c1-4-7-10-15(11-14-17)16(18,12-8-5-2)13-9-6-3/h15H,4-14,17-18H2,1-3H3. The maximum atomic E-state index is 6.79. The van der Waals surface area contributed by atoms with Crippen LogP contribution in [0.5, 0.6) is 0 Å². The highest BCUT2D eigenvalue weighted by molar-refractivity contribution is 4.91. The summed E-state index contributed by atoms with van der Waals surface area (Å²) < 4.78 is 0. The highest BCUT2D eigenvalue weighted by Gasteiger charge is 2.32. The van der Waals surface area contributed by atoms with Crippen LogP contribution in [0.4, 0.5) is 0 Å². The van der Waals surface area contributed by atoms with E-state index in [2.05, 4.69) is 20.8 Å². The Hall–Kier alpha value is -0.0800. The van der Waals surface area contributed by atoms with E-state index in [9.17, 15) is 0 Å². The van der Waals surface area contributed by atoms with Gasteiger partial charge in [-0.25, -0.2) is 0 Å². The first-order valence-corrected chi connectivity index (χ1v) is 8.13. The second-order valence-corrected chi connectivity index (χ2v) is 5.86. The van der Waals surface area contributed by atoms with Crippen molar-refractivity contribution in [1.82, 2.24) is 0 Å². The van der Waals surface area contributed by atoms with Crippen molar-refractivity contribution in [3.63, 3.8) is 0 Å². The van der Waals surface area contributed by atoms with Gasteiger partial charge in [0.1, 0.15) is 0 Å². The maximum Gasteiger partial charge on any atom is 0.0183 e. The van der Waals surface area contributed by atoms with Crippen LogP contribution >= 0.6 is 0 Å². The molecule has 1 atom stereocenters. The molecule has 0 aromatic heterocycles. The molecule has 4 N–H and O–H groups in total. The van der Waals surface area contributed by atoms with Crippen LogP contribution < -0.4 is 11.5 Å². The van der Waals surface area contributed by atoms with E-state index in [1.54, 1.807) is 0 Å². The van der Waals surface area contributed by atoms with Gasteiger partial charge in [-0.2, -0.15) is 0 Å². The molecule has 1 unspecified atom stereocenters. The molecule has 0 fully saturated rings. The monoisotopic (exact) mass is 256 g/mol. The summed E-state index contributed by atoms with van der Waals surface area (Å²) in [4.78, 5) is 0. The summed E-state index contributed by atoms with van der Waals surface area (Å²) in [5.74, 6) is 0.626. The van der Waals surface area contributed by atoms with Crippen LogP contribution in [0.25, 0.3) is 0 Å². The molecule has 0 rings (SSSR count). The molecule has 0 spiro atoms. The molecule has 0 heterocycles. The molecule has 0 amide bonds. The fourth-order valence-electron chi connectivity index (χ4n) is 2.92. The van der Waals surface area contributed by atoms with Crippen molar-refractivity contribution in [2.24, 2.45) is 17.4 Å². The first kappa shape index (κ1) is 17.9. The van der Waals surface area contributed by atoms with Crippen LogP contribution in [0.15, 0.2) is 0 Å². The largest absolute Gasteiger partial charge is 0.330 e. The van der Waals surface area contributed by atoms with Crippen LogP contribution in [-0.2, 0) is 0 Å². The predicted octanol–water partition coefficient (Wildman–Crippen LogP) is 4.22. The zero-order valence-corrected chi connectivity index (χ0v) is 13.0. The molecule has 0 radical (unpaired) electrons. The van der Waals surface area contributed by atoms with E-state index >= 15 is 0 Å². The summed E-state index contributed by atoms with van der Waals surface area (Å²) in [6, 6.07) is 0. The van der Waals surface area contributed by atoms with E-state index in [0.29, 0.717) is 5.92 Å². The SMILES string of the molecule is CCCCC(CCN)C(N)(CCCC)CCCC. The van der Waals surface area contributed by atoms with Gasteiger partial charge in [0.2, 0.25) is 0 Å². The second-order valence-electron chi connectivity index (χ2n) is 5.86. The van der Waals surface area contributed by atoms with E-state index in [4.69, 9.17) is 11.5 Å². The van der Waals surface area contributed by atoms with Crippen molar-refractivity contribution in [2.45, 2.75) is 90.5 Å². The Morgan fingerprint density at radius 2 is 1.33 bits per heavy atom. The second kappa shape index (κ2) is 10.8. The molecule has 0 aliphatic heterocycles. The third kappa shape index (κ3) is 6.75. The van der Waals surface area contributed by atoms with Gasteiger partial charge in [0, 0.05) is 5.54 Å². The van der Waals surface area contributed by atoms with Gasteiger partial charge in [-0.3, -0.25) is 0 Å². The first-order chi connectivity index (χ1) is 8.64. The van der Waals surface area contributed by atoms with Crippen molar-refractivity contribution in [3.8, 4) is 0 Å². The quantitative estimate of drug-likeness (QED) is 0.549. The van der Waals surface area contributed by atoms with Gasteiger partial charge in [0.05, 0.1) is 0 Å². The lowest BCUT2D eigenvalue weighted by Crippen LogP contribution is -2.48. The minimum Gasteiger partial charge on any atom is -0.330 e. The molecular formula is C16H36N2. The lowest BCUT2D eigenvalue weighted by Gasteiger charge is -2.38. The van der Waals surface area contributed by atoms with E-state index in [1.165, 1.54) is 57.8 Å². The van der Waals surface area contributed by atoms with Crippen molar-refractivity contribution in [2.75, 3.05) is 6.54 Å². The summed E-state index contributed by atoms with van der Waals surface area (Å²) in [5.41, 5.74) is 12.6. The van der Waals surface area contributed by atoms with E-state index in [0.717, 1.165) is 13.0 Å². The average molecular weight is 256 g/mol. The van der Waals surface area contributed by atoms with Crippen LogP contribution in [0.3, 0.4) is 0 Å². The minimum absolute atomic E-state index is 0.0422. The average Bonchev–Trinajstić information content (AvgIpc) is 2.38. The van der Waals surface area contributed by atoms with E-state index < -0.39 is 0 Å². The Labute approximate surface area is 115 Å². The van der Waals surface area contributed by atoms with Crippen molar-refractivity contribution in [3.05, 3.63) is 0 Å². The van der Waals surface area contributed by atoms with E-state index in [-0.39, 0.29) is 5.54 Å². The van der Waals surface area contributed by atoms with Crippen LogP contribution in [0, 0.1) is 5.92 Å². The summed E-state index contributed by atoms with van der Waals surface area (Å²) in [5, 5.41) is 0. The fraction of sp³-hybridized carbons (Fsp3) is 1.00. The van der Waals surface area contributed by atoms with Crippen LogP contribution in [0.2, 0.25) is 0 Å². The third-order valence-corrected chi connectivity index (χ3v) is 4.23. The van der Waals surface area contributed by atoms with Gasteiger partial charge in [-0.1, -0.05) is 59.3 Å². The molecule has 0 aliphatic rings. The molecule has 2 nitrogen and oxygen atoms in total. The van der Waals surface area contributed by atoms with Gasteiger partial charge in [0.25, 0.3) is 0 Å². The Balaban J connectivity index is 4.59. The summed E-state index contributed by atoms with van der Waals surface area (Å²) in [7, 11) is 0. The number of nitrogens with two attached hydrogens (primary N) is 2. The van der Waals surface area contributed by atoms with Crippen molar-refractivity contribution in [1.29, 1.82) is 0 Å². The van der Waals surface area contributed by atoms with Gasteiger partial charge in [0.15, 0.2) is 0 Å². The number of rotatable bonds is 12. The van der Waals surface area contributed by atoms with Crippen molar-refractivity contribution < 1.29 is 0 Å². The number of unbranched alkanes of at least 4 members (excludes halogenated alkanes) is 3. The number of hydrogen-bond acceptors (Lipinski definition) is 2. The fourth-order valence-corrected chi connectivity index (χ4v) is 2.92. The Bertz CT molecular complexity index is 172. The summed E-state index contributed by atoms with van der Waals surface area (Å²) in [6.07, 6.45) is 12.3. The normalized spacial score (nSPS) is 13.8. The zero-order chi connectivity index (χ0) is 13.9. The molecule has 0 saturated carbocycles. The Morgan fingerprint density at radius 1 is 0.833 bits per heavy atom. The molecule has 2 heteroatoms. The van der Waals surface area contributed by atoms with Gasteiger partial charge in [-0.15, -0.1) is 0 Å². The molecule has 110 valence electrons. The Kier molecular flexibility index (Phi) is 10.8. The van der Waals surface area contributed by atoms with Crippen LogP contribution in [-0.4, -0.2) is 12.1 Å². The highest BCUT2D eigenvalue weighted by Crippen LogP contribution is 2.32. The van der Waals surface area contributed by atoms with Crippen LogP contribution in [0.1, 0.15) is 85.0 Å². The van der Waals surface area contributed by atoms with Gasteiger partial charge in [-0.05, 0) is 38.1 Å². The molecule has 0 aromatic rings. The minimum atomic E-state index is 0.0422. The topological polar surface area (TPSA) is 52.0 Å². The first-order valence-electron chi connectivity index (χ1n) is 8.13. The van der Waals surface area contributed by atoms with Gasteiger partial charge < -0.3 is 11.5 Å². The smallest absolute Gasteiger partial charge is 0.0183 e. The highest BCUT2D eigenvalue weighted by atomic mass is 14.8. The molecular weight excluding hydrogens is 220 g/mol. The zero-order valence-electron chi connectivity index (χ0n) is 13.0. The third-order valence-electron chi connectivity index (χ3n) is 4.23. The summed E-state index contributed by atoms with van der Waals surface area (Å²) >= 11 is 0. The lowest BCUT2D eigenvalue weighted by atomic mass is 9.73. The van der Waals surface area contributed by atoms with Gasteiger partial charge >= 0.3 is 0 Å². The molecule has 0 aliphatic carbocycles. The number of hydrogen-bond donors (Lipinski definition) is 2. The molecule has 0 aromatic carbocycles. The predicted molar refractivity (Wildman–Crippen MR) is 82.7 cm³/mol. The lowest BCUT2D eigenvalue weighted by molar-refractivity contribution is 0.199. The maximum absolute atomic E-state index is 6.79. The molecule has 0 bridgehead atoms. The van der Waals surface area contributed by atoms with Crippen molar-refractivity contribution >= 4 is 0 Å². The van der Waals surface area contributed by atoms with E-state index in [1.807, 2.05) is 0 Å².